The number of anilines is 1. The summed E-state index contributed by atoms with van der Waals surface area (Å²) in [7, 11) is 0. The fraction of sp³-hybridized carbons (Fsp3) is 0.722. The molecule has 1 aromatic rings. The Bertz CT molecular complexity index is 390. The van der Waals surface area contributed by atoms with Gasteiger partial charge in [-0.25, -0.2) is 0 Å². The number of hydrogen-bond donors (Lipinski definition) is 1. The van der Waals surface area contributed by atoms with Crippen LogP contribution in [0.1, 0.15) is 57.8 Å². The summed E-state index contributed by atoms with van der Waals surface area (Å²) in [6, 6.07) is 5.61. The van der Waals surface area contributed by atoms with Crippen molar-refractivity contribution in [2.75, 3.05) is 18.4 Å². The van der Waals surface area contributed by atoms with Crippen molar-refractivity contribution in [3.63, 3.8) is 0 Å². The molecule has 0 spiro atoms. The molecule has 1 saturated carbocycles. The second-order valence-electron chi connectivity index (χ2n) is 6.70. The molecular weight excluding hydrogens is 258 g/mol. The highest BCUT2D eigenvalue weighted by Crippen LogP contribution is 2.25. The summed E-state index contributed by atoms with van der Waals surface area (Å²) in [6.07, 6.45) is 16.4. The Labute approximate surface area is 129 Å². The first kappa shape index (κ1) is 14.8. The zero-order valence-corrected chi connectivity index (χ0v) is 13.1. The molecule has 0 bridgehead atoms. The predicted molar refractivity (Wildman–Crippen MR) is 88.6 cm³/mol. The van der Waals surface area contributed by atoms with E-state index in [-0.39, 0.29) is 0 Å². The molecule has 3 heteroatoms. The fourth-order valence-electron chi connectivity index (χ4n) is 3.89. The number of rotatable bonds is 3. The van der Waals surface area contributed by atoms with Gasteiger partial charge in [0, 0.05) is 37.6 Å². The van der Waals surface area contributed by atoms with Crippen molar-refractivity contribution in [2.24, 2.45) is 0 Å². The van der Waals surface area contributed by atoms with E-state index in [1.54, 1.807) is 0 Å². The Balaban J connectivity index is 1.45. The van der Waals surface area contributed by atoms with Crippen LogP contribution in [0.25, 0.3) is 0 Å². The van der Waals surface area contributed by atoms with Crippen molar-refractivity contribution in [3.8, 4) is 0 Å². The van der Waals surface area contributed by atoms with Gasteiger partial charge in [-0.2, -0.15) is 0 Å². The Morgan fingerprint density at radius 2 is 1.67 bits per heavy atom. The first-order valence-electron chi connectivity index (χ1n) is 8.82. The normalized spacial score (nSPS) is 23.4. The van der Waals surface area contributed by atoms with Gasteiger partial charge in [0.15, 0.2) is 0 Å². The highest BCUT2D eigenvalue weighted by Gasteiger charge is 2.25. The van der Waals surface area contributed by atoms with Crippen molar-refractivity contribution in [3.05, 3.63) is 24.5 Å². The van der Waals surface area contributed by atoms with Crippen LogP contribution < -0.4 is 5.32 Å². The Hall–Kier alpha value is -1.09. The summed E-state index contributed by atoms with van der Waals surface area (Å²) >= 11 is 0. The minimum atomic E-state index is 0.624. The number of aromatic nitrogens is 1. The first-order valence-corrected chi connectivity index (χ1v) is 8.82. The molecule has 0 aromatic carbocycles. The van der Waals surface area contributed by atoms with Crippen LogP contribution in [-0.4, -0.2) is 35.1 Å². The average Bonchev–Trinajstić information content (AvgIpc) is 2.49. The smallest absolute Gasteiger partial charge is 0.0528 e. The lowest BCUT2D eigenvalue weighted by atomic mass is 9.93. The monoisotopic (exact) mass is 287 g/mol. The van der Waals surface area contributed by atoms with Gasteiger partial charge in [-0.15, -0.1) is 0 Å². The molecule has 116 valence electrons. The lowest BCUT2D eigenvalue weighted by Crippen LogP contribution is -2.44. The lowest BCUT2D eigenvalue weighted by Gasteiger charge is -2.38. The zero-order chi connectivity index (χ0) is 14.3. The quantitative estimate of drug-likeness (QED) is 0.908. The number of hydrogen-bond acceptors (Lipinski definition) is 3. The van der Waals surface area contributed by atoms with Crippen LogP contribution >= 0.6 is 0 Å². The lowest BCUT2D eigenvalue weighted by molar-refractivity contribution is 0.133. The number of piperidine rings is 1. The predicted octanol–water partition coefficient (Wildman–Crippen LogP) is 4.07. The summed E-state index contributed by atoms with van der Waals surface area (Å²) in [5, 5.41) is 3.64. The zero-order valence-electron chi connectivity index (χ0n) is 13.1. The maximum Gasteiger partial charge on any atom is 0.0528 e. The molecule has 3 nitrogen and oxygen atoms in total. The summed E-state index contributed by atoms with van der Waals surface area (Å²) in [5.41, 5.74) is 1.17. The minimum absolute atomic E-state index is 0.624. The van der Waals surface area contributed by atoms with Crippen LogP contribution in [-0.2, 0) is 0 Å². The van der Waals surface area contributed by atoms with E-state index < -0.39 is 0 Å². The molecule has 0 atom stereocenters. The molecule has 2 fully saturated rings. The van der Waals surface area contributed by atoms with Gasteiger partial charge in [-0.05, 0) is 37.8 Å². The van der Waals surface area contributed by atoms with Crippen LogP contribution in [0.5, 0.6) is 0 Å². The third-order valence-corrected chi connectivity index (χ3v) is 5.15. The van der Waals surface area contributed by atoms with Gasteiger partial charge in [0.25, 0.3) is 0 Å². The van der Waals surface area contributed by atoms with Crippen LogP contribution in [0.4, 0.5) is 5.69 Å². The van der Waals surface area contributed by atoms with E-state index in [2.05, 4.69) is 21.3 Å². The highest BCUT2D eigenvalue weighted by molar-refractivity contribution is 5.40. The van der Waals surface area contributed by atoms with Gasteiger partial charge in [-0.1, -0.05) is 32.1 Å². The van der Waals surface area contributed by atoms with Crippen LogP contribution in [0, 0.1) is 0 Å². The molecule has 0 unspecified atom stereocenters. The van der Waals surface area contributed by atoms with Crippen LogP contribution in [0.3, 0.4) is 0 Å². The van der Waals surface area contributed by atoms with Crippen LogP contribution in [0.2, 0.25) is 0 Å². The van der Waals surface area contributed by atoms with Gasteiger partial charge >= 0.3 is 0 Å². The Morgan fingerprint density at radius 3 is 2.33 bits per heavy atom. The highest BCUT2D eigenvalue weighted by atomic mass is 15.2. The summed E-state index contributed by atoms with van der Waals surface area (Å²) in [5.74, 6) is 0. The topological polar surface area (TPSA) is 28.2 Å². The SMILES string of the molecule is c1cncc(NC2CCN(C3CCCCCCC3)CC2)c1. The van der Waals surface area contributed by atoms with Crippen molar-refractivity contribution in [2.45, 2.75) is 69.9 Å². The van der Waals surface area contributed by atoms with Gasteiger partial charge in [0.2, 0.25) is 0 Å². The average molecular weight is 287 g/mol. The third kappa shape index (κ3) is 4.44. The largest absolute Gasteiger partial charge is 0.381 e. The number of nitrogens with one attached hydrogen (secondary N) is 1. The molecule has 1 aliphatic carbocycles. The van der Waals surface area contributed by atoms with E-state index in [9.17, 15) is 0 Å². The third-order valence-electron chi connectivity index (χ3n) is 5.15. The van der Waals surface area contributed by atoms with Gasteiger partial charge in [0.05, 0.1) is 5.69 Å². The first-order chi connectivity index (χ1) is 10.4. The molecule has 3 rings (SSSR count). The Morgan fingerprint density at radius 1 is 0.952 bits per heavy atom. The van der Waals surface area contributed by atoms with Crippen molar-refractivity contribution < 1.29 is 0 Å². The molecule has 1 N–H and O–H groups in total. The summed E-state index contributed by atoms with van der Waals surface area (Å²) in [6.45, 7) is 2.53. The van der Waals surface area contributed by atoms with Gasteiger partial charge in [-0.3, -0.25) is 4.98 Å². The van der Waals surface area contributed by atoms with E-state index >= 15 is 0 Å². The summed E-state index contributed by atoms with van der Waals surface area (Å²) in [4.78, 5) is 6.96. The molecule has 0 amide bonds. The molecule has 0 radical (unpaired) electrons. The molecule has 1 aromatic heterocycles. The maximum atomic E-state index is 4.18. The fourth-order valence-corrected chi connectivity index (χ4v) is 3.89. The molecule has 21 heavy (non-hydrogen) atoms. The standard InChI is InChI=1S/C18H29N3/c1-2-4-8-18(9-5-3-1)21-13-10-16(11-14-21)20-17-7-6-12-19-15-17/h6-7,12,15-16,18,20H,1-5,8-11,13-14H2. The second-order valence-corrected chi connectivity index (χ2v) is 6.70. The van der Waals surface area contributed by atoms with E-state index in [0.29, 0.717) is 6.04 Å². The van der Waals surface area contributed by atoms with E-state index in [0.717, 1.165) is 6.04 Å². The van der Waals surface area contributed by atoms with Crippen molar-refractivity contribution in [1.29, 1.82) is 0 Å². The van der Waals surface area contributed by atoms with Crippen molar-refractivity contribution >= 4 is 5.69 Å². The second kappa shape index (κ2) is 7.79. The van der Waals surface area contributed by atoms with Gasteiger partial charge < -0.3 is 10.2 Å². The maximum absolute atomic E-state index is 4.18. The van der Waals surface area contributed by atoms with Gasteiger partial charge in [0.1, 0.15) is 0 Å². The van der Waals surface area contributed by atoms with Crippen LogP contribution in [0.15, 0.2) is 24.5 Å². The number of nitrogens with zero attached hydrogens (tertiary/aromatic N) is 2. The number of likely N-dealkylation sites (tertiary alicyclic amines) is 1. The minimum Gasteiger partial charge on any atom is -0.381 e. The summed E-state index contributed by atoms with van der Waals surface area (Å²) < 4.78 is 0. The molecule has 2 aliphatic rings. The van der Waals surface area contributed by atoms with E-state index in [4.69, 9.17) is 0 Å². The van der Waals surface area contributed by atoms with E-state index in [1.807, 2.05) is 18.5 Å². The number of pyridine rings is 1. The van der Waals surface area contributed by atoms with E-state index in [1.165, 1.54) is 76.6 Å². The van der Waals surface area contributed by atoms with Crippen molar-refractivity contribution in [1.82, 2.24) is 9.88 Å². The molecule has 1 saturated heterocycles. The Kier molecular flexibility index (Phi) is 5.50. The molecule has 1 aliphatic heterocycles. The molecule has 2 heterocycles. The molecular formula is C18H29N3.